The summed E-state index contributed by atoms with van der Waals surface area (Å²) >= 11 is 0. The molecule has 1 aliphatic carbocycles. The van der Waals surface area contributed by atoms with Gasteiger partial charge >= 0.3 is 0 Å². The number of benzene rings is 2. The molecule has 5 nitrogen and oxygen atoms in total. The molecule has 5 heteroatoms. The second-order valence-electron chi connectivity index (χ2n) is 6.92. The van der Waals surface area contributed by atoms with Crippen LogP contribution in [0.2, 0.25) is 0 Å². The monoisotopic (exact) mass is 371 g/mol. The molecular formula is C23H21N3O2. The van der Waals surface area contributed by atoms with Gasteiger partial charge in [-0.15, -0.1) is 0 Å². The number of allylic oxidation sites excluding steroid dienone is 3. The zero-order valence-electron chi connectivity index (χ0n) is 15.7. The number of carbonyl (C=O) groups excluding carboxylic acids is 1. The van der Waals surface area contributed by atoms with Gasteiger partial charge in [0, 0.05) is 23.4 Å². The van der Waals surface area contributed by atoms with Crippen LogP contribution in [0.4, 0.5) is 5.69 Å². The minimum absolute atomic E-state index is 0.0915. The SMILES string of the molecule is COc1ccc(N2C(N)=C(C#N)[C@H](c3ccccc3)C3=C2CCCC3=O)cc1. The fourth-order valence-electron chi connectivity index (χ4n) is 4.09. The van der Waals surface area contributed by atoms with Gasteiger partial charge in [-0.05, 0) is 42.7 Å². The molecule has 140 valence electrons. The number of methoxy groups -OCH3 is 1. The van der Waals surface area contributed by atoms with Gasteiger partial charge in [-0.25, -0.2) is 0 Å². The molecule has 2 aromatic carbocycles. The molecule has 0 fully saturated rings. The Morgan fingerprint density at radius 1 is 1.11 bits per heavy atom. The minimum Gasteiger partial charge on any atom is -0.497 e. The molecule has 0 radical (unpaired) electrons. The predicted octanol–water partition coefficient (Wildman–Crippen LogP) is 4.00. The third-order valence-electron chi connectivity index (χ3n) is 5.38. The van der Waals surface area contributed by atoms with Crippen LogP contribution in [0.25, 0.3) is 0 Å². The fraction of sp³-hybridized carbons (Fsp3) is 0.217. The van der Waals surface area contributed by atoms with E-state index in [1.807, 2.05) is 59.5 Å². The molecule has 2 N–H and O–H groups in total. The number of rotatable bonds is 3. The molecule has 28 heavy (non-hydrogen) atoms. The van der Waals surface area contributed by atoms with E-state index in [0.717, 1.165) is 35.5 Å². The summed E-state index contributed by atoms with van der Waals surface area (Å²) in [4.78, 5) is 14.8. The Bertz CT molecular complexity index is 1010. The van der Waals surface area contributed by atoms with Gasteiger partial charge in [-0.3, -0.25) is 9.69 Å². The Kier molecular flexibility index (Phi) is 4.62. The molecule has 2 aliphatic rings. The quantitative estimate of drug-likeness (QED) is 0.882. The highest BCUT2D eigenvalue weighted by Crippen LogP contribution is 2.46. The first-order valence-electron chi connectivity index (χ1n) is 9.30. The van der Waals surface area contributed by atoms with Crippen LogP contribution in [0.5, 0.6) is 5.75 Å². The largest absolute Gasteiger partial charge is 0.497 e. The maximum absolute atomic E-state index is 13.0. The number of nitrogens with zero attached hydrogens (tertiary/aromatic N) is 2. The lowest BCUT2D eigenvalue weighted by Gasteiger charge is -2.39. The van der Waals surface area contributed by atoms with E-state index >= 15 is 0 Å². The highest BCUT2D eigenvalue weighted by atomic mass is 16.5. The van der Waals surface area contributed by atoms with E-state index in [0.29, 0.717) is 23.4 Å². The highest BCUT2D eigenvalue weighted by molar-refractivity contribution is 6.01. The average molecular weight is 371 g/mol. The van der Waals surface area contributed by atoms with Gasteiger partial charge in [-0.1, -0.05) is 30.3 Å². The van der Waals surface area contributed by atoms with Crippen LogP contribution >= 0.6 is 0 Å². The van der Waals surface area contributed by atoms with E-state index in [-0.39, 0.29) is 5.78 Å². The molecule has 4 rings (SSSR count). The predicted molar refractivity (Wildman–Crippen MR) is 107 cm³/mol. The average Bonchev–Trinajstić information content (AvgIpc) is 2.74. The van der Waals surface area contributed by atoms with Gasteiger partial charge in [0.2, 0.25) is 0 Å². The van der Waals surface area contributed by atoms with Crippen LogP contribution in [-0.4, -0.2) is 12.9 Å². The maximum Gasteiger partial charge on any atom is 0.161 e. The molecule has 0 spiro atoms. The van der Waals surface area contributed by atoms with E-state index in [2.05, 4.69) is 6.07 Å². The number of ether oxygens (including phenoxy) is 1. The summed E-state index contributed by atoms with van der Waals surface area (Å²) in [7, 11) is 1.61. The first-order chi connectivity index (χ1) is 13.7. The van der Waals surface area contributed by atoms with Gasteiger partial charge in [0.25, 0.3) is 0 Å². The summed E-state index contributed by atoms with van der Waals surface area (Å²) in [6.45, 7) is 0. The van der Waals surface area contributed by atoms with Crippen LogP contribution in [0.3, 0.4) is 0 Å². The first kappa shape index (κ1) is 17.9. The van der Waals surface area contributed by atoms with Crippen LogP contribution < -0.4 is 15.4 Å². The zero-order chi connectivity index (χ0) is 19.7. The summed E-state index contributed by atoms with van der Waals surface area (Å²) in [5.74, 6) is 0.798. The van der Waals surface area contributed by atoms with Crippen molar-refractivity contribution in [1.29, 1.82) is 5.26 Å². The fourth-order valence-corrected chi connectivity index (χ4v) is 4.09. The summed E-state index contributed by atoms with van der Waals surface area (Å²) < 4.78 is 5.24. The van der Waals surface area contributed by atoms with Crippen molar-refractivity contribution >= 4 is 11.5 Å². The standard InChI is InChI=1S/C23H21N3O2/c1-28-17-12-10-16(11-13-17)26-19-8-5-9-20(27)22(19)21(18(14-24)23(26)25)15-6-3-2-4-7-15/h2-4,6-7,10-13,21H,5,8-9,25H2,1H3/t21-/m0/s1. The third kappa shape index (κ3) is 2.84. The lowest BCUT2D eigenvalue weighted by atomic mass is 9.75. The Morgan fingerprint density at radius 2 is 1.82 bits per heavy atom. The molecule has 0 saturated heterocycles. The summed E-state index contributed by atoms with van der Waals surface area (Å²) in [6.07, 6.45) is 2.02. The van der Waals surface area contributed by atoms with Crippen molar-refractivity contribution in [3.8, 4) is 11.8 Å². The van der Waals surface area contributed by atoms with Crippen LogP contribution in [-0.2, 0) is 4.79 Å². The lowest BCUT2D eigenvalue weighted by molar-refractivity contribution is -0.116. The molecule has 0 aromatic heterocycles. The van der Waals surface area contributed by atoms with Crippen molar-refractivity contribution in [3.05, 3.63) is 82.8 Å². The molecule has 2 aromatic rings. The number of hydrogen-bond acceptors (Lipinski definition) is 5. The normalized spacial score (nSPS) is 19.4. The van der Waals surface area contributed by atoms with E-state index < -0.39 is 5.92 Å². The minimum atomic E-state index is -0.413. The maximum atomic E-state index is 13.0. The van der Waals surface area contributed by atoms with Crippen molar-refractivity contribution < 1.29 is 9.53 Å². The molecule has 1 aliphatic heterocycles. The highest BCUT2D eigenvalue weighted by Gasteiger charge is 2.40. The molecule has 0 bridgehead atoms. The smallest absolute Gasteiger partial charge is 0.161 e. The number of nitriles is 1. The summed E-state index contributed by atoms with van der Waals surface area (Å²) in [6, 6.07) is 19.4. The number of carbonyl (C=O) groups is 1. The van der Waals surface area contributed by atoms with Crippen LogP contribution in [0.15, 0.2) is 77.3 Å². The Morgan fingerprint density at radius 3 is 2.46 bits per heavy atom. The Hall–Kier alpha value is -3.52. The van der Waals surface area contributed by atoms with Crippen molar-refractivity contribution in [2.24, 2.45) is 5.73 Å². The van der Waals surface area contributed by atoms with Gasteiger partial charge in [-0.2, -0.15) is 5.26 Å². The number of ketones is 1. The summed E-state index contributed by atoms with van der Waals surface area (Å²) in [5.41, 5.74) is 10.3. The van der Waals surface area contributed by atoms with Gasteiger partial charge in [0.05, 0.1) is 24.7 Å². The second kappa shape index (κ2) is 7.24. The molecule has 0 amide bonds. The molecule has 0 unspecified atom stereocenters. The molecule has 1 atom stereocenters. The lowest BCUT2D eigenvalue weighted by Crippen LogP contribution is -2.38. The zero-order valence-corrected chi connectivity index (χ0v) is 15.7. The topological polar surface area (TPSA) is 79.3 Å². The Labute approximate surface area is 164 Å². The molecule has 1 heterocycles. The van der Waals surface area contributed by atoms with E-state index in [1.54, 1.807) is 7.11 Å². The van der Waals surface area contributed by atoms with E-state index in [4.69, 9.17) is 10.5 Å². The second-order valence-corrected chi connectivity index (χ2v) is 6.92. The van der Waals surface area contributed by atoms with E-state index in [9.17, 15) is 10.1 Å². The Balaban J connectivity index is 1.93. The number of hydrogen-bond donors (Lipinski definition) is 1. The number of nitrogens with two attached hydrogens (primary N) is 1. The van der Waals surface area contributed by atoms with Crippen molar-refractivity contribution in [1.82, 2.24) is 0 Å². The number of anilines is 1. The van der Waals surface area contributed by atoms with Crippen molar-refractivity contribution in [2.45, 2.75) is 25.2 Å². The van der Waals surface area contributed by atoms with Crippen molar-refractivity contribution in [3.63, 3.8) is 0 Å². The van der Waals surface area contributed by atoms with Gasteiger partial charge < -0.3 is 10.5 Å². The van der Waals surface area contributed by atoms with E-state index in [1.165, 1.54) is 0 Å². The first-order valence-corrected chi connectivity index (χ1v) is 9.30. The van der Waals surface area contributed by atoms with Crippen molar-refractivity contribution in [2.75, 3.05) is 12.0 Å². The van der Waals surface area contributed by atoms with Gasteiger partial charge in [0.1, 0.15) is 11.6 Å². The van der Waals surface area contributed by atoms with Gasteiger partial charge in [0.15, 0.2) is 5.78 Å². The summed E-state index contributed by atoms with van der Waals surface area (Å²) in [5, 5.41) is 9.95. The third-order valence-corrected chi connectivity index (χ3v) is 5.38. The molecular weight excluding hydrogens is 350 g/mol. The number of Topliss-reactive ketones (excluding diaryl/α,β-unsaturated/α-hetero) is 1. The molecule has 0 saturated carbocycles. The van der Waals surface area contributed by atoms with Crippen LogP contribution in [0.1, 0.15) is 30.7 Å². The van der Waals surface area contributed by atoms with Crippen LogP contribution in [0, 0.1) is 11.3 Å².